The molecule has 5 heterocycles. The van der Waals surface area contributed by atoms with Crippen molar-refractivity contribution >= 4 is 77.6 Å². The zero-order valence-electron chi connectivity index (χ0n) is 52.8. The molecule has 0 fully saturated rings. The van der Waals surface area contributed by atoms with Gasteiger partial charge in [-0.1, -0.05) is 273 Å². The lowest BCUT2D eigenvalue weighted by Gasteiger charge is -2.34. The van der Waals surface area contributed by atoms with E-state index in [-0.39, 0.29) is 6.71 Å². The molecule has 2 aliphatic heterocycles. The second-order valence-corrected chi connectivity index (χ2v) is 25.9. The number of aromatic nitrogens is 4. The van der Waals surface area contributed by atoms with E-state index in [1.165, 1.54) is 82.3 Å². The van der Waals surface area contributed by atoms with Gasteiger partial charge in [-0.25, -0.2) is 9.97 Å². The van der Waals surface area contributed by atoms with Crippen LogP contribution >= 0.6 is 0 Å². The molecule has 0 atom stereocenters. The minimum Gasteiger partial charge on any atom is -0.310 e. The molecule has 0 aliphatic carbocycles. The summed E-state index contributed by atoms with van der Waals surface area (Å²) in [5.74, 6) is 0.649. The fraction of sp³-hybridized carbons (Fsp3) is 0. The lowest BCUT2D eigenvalue weighted by atomic mass is 9.34. The quantitative estimate of drug-likeness (QED) is 0.128. The molecule has 0 radical (unpaired) electrons. The van der Waals surface area contributed by atoms with Crippen LogP contribution in [0.1, 0.15) is 0 Å². The Morgan fingerprint density at radius 2 is 0.567 bits per heavy atom. The van der Waals surface area contributed by atoms with Gasteiger partial charge >= 0.3 is 0 Å². The standard InChI is InChI=1S/C92H57BN4/c1-9-27-58(28-10-1)66-45-67(59-29-11-2-12-30-59)47-72(46-66)89-74-43-25-26-44-81(74)94-92(95-89)73-56-84-88-85(57-73)97-83-55-71(63-37-19-6-20-38-63)49-76(65-41-23-8-24-42-65)87(83)78-51-69(61-33-15-4-16-34-61)53-80(91(78)97)93(88)79-52-68(60-31-13-3-14-32-60)50-77-86-75(64-39-21-7-22-40-64)48-70(62-35-17-5-18-36-62)54-82(86)96(84)90(77)79/h1-57H. The summed E-state index contributed by atoms with van der Waals surface area (Å²) in [6.07, 6.45) is 0. The van der Waals surface area contributed by atoms with Crippen LogP contribution in [0.25, 0.3) is 178 Å². The van der Waals surface area contributed by atoms with Crippen LogP contribution in [-0.4, -0.2) is 25.8 Å². The molecular formula is C92H57BN4. The van der Waals surface area contributed by atoms with Crippen molar-refractivity contribution < 1.29 is 0 Å². The van der Waals surface area contributed by atoms with Crippen LogP contribution in [0, 0.1) is 0 Å². The van der Waals surface area contributed by atoms with Gasteiger partial charge in [-0.3, -0.25) is 0 Å². The van der Waals surface area contributed by atoms with Gasteiger partial charge in [-0.2, -0.15) is 0 Å². The Morgan fingerprint density at radius 1 is 0.237 bits per heavy atom. The first kappa shape index (κ1) is 54.8. The minimum atomic E-state index is -0.224. The third kappa shape index (κ3) is 8.79. The summed E-state index contributed by atoms with van der Waals surface area (Å²) in [4.78, 5) is 11.7. The van der Waals surface area contributed by atoms with Crippen molar-refractivity contribution in [3.05, 3.63) is 346 Å². The minimum absolute atomic E-state index is 0.224. The molecule has 0 N–H and O–H groups in total. The van der Waals surface area contributed by atoms with E-state index >= 15 is 0 Å². The van der Waals surface area contributed by atoms with E-state index in [2.05, 4.69) is 355 Å². The third-order valence-corrected chi connectivity index (χ3v) is 20.4. The van der Waals surface area contributed by atoms with Crippen molar-refractivity contribution in [1.82, 2.24) is 19.1 Å². The van der Waals surface area contributed by atoms with Crippen LogP contribution in [-0.2, 0) is 0 Å². The van der Waals surface area contributed by atoms with Crippen LogP contribution in [0.15, 0.2) is 346 Å². The molecule has 0 saturated carbocycles. The van der Waals surface area contributed by atoms with Gasteiger partial charge in [0.15, 0.2) is 5.82 Å². The highest BCUT2D eigenvalue weighted by molar-refractivity contribution is 7.00. The van der Waals surface area contributed by atoms with Gasteiger partial charge in [0.05, 0.1) is 22.2 Å². The summed E-state index contributed by atoms with van der Waals surface area (Å²) < 4.78 is 5.28. The zero-order valence-corrected chi connectivity index (χ0v) is 52.8. The second kappa shape index (κ2) is 22.0. The van der Waals surface area contributed by atoms with Gasteiger partial charge < -0.3 is 9.13 Å². The van der Waals surface area contributed by atoms with E-state index < -0.39 is 0 Å². The molecule has 0 unspecified atom stereocenters. The van der Waals surface area contributed by atoms with Gasteiger partial charge in [0.2, 0.25) is 0 Å². The smallest absolute Gasteiger partial charge is 0.252 e. The first-order valence-electron chi connectivity index (χ1n) is 33.5. The largest absolute Gasteiger partial charge is 0.310 e. The molecule has 3 aromatic heterocycles. The van der Waals surface area contributed by atoms with Crippen molar-refractivity contribution in [3.63, 3.8) is 0 Å². The van der Waals surface area contributed by atoms with E-state index in [1.54, 1.807) is 0 Å². The van der Waals surface area contributed by atoms with Crippen LogP contribution in [0.2, 0.25) is 0 Å². The number of hydrogen-bond acceptors (Lipinski definition) is 2. The molecule has 448 valence electrons. The van der Waals surface area contributed by atoms with Crippen molar-refractivity contribution in [1.29, 1.82) is 0 Å². The number of fused-ring (bicyclic) bond motifs is 11. The highest BCUT2D eigenvalue weighted by Gasteiger charge is 2.43. The number of nitrogens with zero attached hydrogens (tertiary/aromatic N) is 4. The molecule has 15 aromatic carbocycles. The monoisotopic (exact) mass is 1230 g/mol. The van der Waals surface area contributed by atoms with Gasteiger partial charge in [0, 0.05) is 60.5 Å². The fourth-order valence-corrected chi connectivity index (χ4v) is 16.1. The van der Waals surface area contributed by atoms with E-state index in [4.69, 9.17) is 9.97 Å². The Hall–Kier alpha value is -12.7. The second-order valence-electron chi connectivity index (χ2n) is 25.9. The highest BCUT2D eigenvalue weighted by atomic mass is 15.0. The lowest BCUT2D eigenvalue weighted by Crippen LogP contribution is -2.59. The molecule has 0 spiro atoms. The maximum absolute atomic E-state index is 5.93. The van der Waals surface area contributed by atoms with E-state index in [0.29, 0.717) is 5.82 Å². The van der Waals surface area contributed by atoms with Gasteiger partial charge in [0.25, 0.3) is 6.71 Å². The Balaban J connectivity index is 0.973. The predicted molar refractivity (Wildman–Crippen MR) is 407 cm³/mol. The van der Waals surface area contributed by atoms with E-state index in [1.807, 2.05) is 0 Å². The predicted octanol–water partition coefficient (Wildman–Crippen LogP) is 21.6. The summed E-state index contributed by atoms with van der Waals surface area (Å²) in [6, 6.07) is 128. The summed E-state index contributed by atoms with van der Waals surface area (Å²) in [6.45, 7) is -0.224. The molecule has 20 rings (SSSR count). The normalized spacial score (nSPS) is 12.1. The molecule has 5 heteroatoms. The maximum Gasteiger partial charge on any atom is 0.252 e. The summed E-state index contributed by atoms with van der Waals surface area (Å²) >= 11 is 0. The maximum atomic E-state index is 5.93. The number of hydrogen-bond donors (Lipinski definition) is 0. The Morgan fingerprint density at radius 3 is 0.959 bits per heavy atom. The molecule has 0 saturated heterocycles. The Bertz CT molecular complexity index is 5860. The van der Waals surface area contributed by atoms with Crippen LogP contribution < -0.4 is 16.4 Å². The van der Waals surface area contributed by atoms with Gasteiger partial charge in [-0.15, -0.1) is 0 Å². The fourth-order valence-electron chi connectivity index (χ4n) is 16.1. The molecule has 18 aromatic rings. The summed E-state index contributed by atoms with van der Waals surface area (Å²) in [7, 11) is 0. The van der Waals surface area contributed by atoms with Gasteiger partial charge in [-0.05, 0) is 178 Å². The first-order chi connectivity index (χ1) is 48.1. The lowest BCUT2D eigenvalue weighted by molar-refractivity contribution is 1.13. The summed E-state index contributed by atoms with van der Waals surface area (Å²) in [5.41, 5.74) is 32.9. The van der Waals surface area contributed by atoms with Crippen LogP contribution in [0.4, 0.5) is 0 Å². The van der Waals surface area contributed by atoms with E-state index in [9.17, 15) is 0 Å². The van der Waals surface area contributed by atoms with Crippen molar-refractivity contribution in [2.24, 2.45) is 0 Å². The van der Waals surface area contributed by atoms with Gasteiger partial charge in [0.1, 0.15) is 0 Å². The number of para-hydroxylation sites is 1. The first-order valence-corrected chi connectivity index (χ1v) is 33.5. The van der Waals surface area contributed by atoms with Crippen LogP contribution in [0.3, 0.4) is 0 Å². The van der Waals surface area contributed by atoms with Crippen molar-refractivity contribution in [3.8, 4) is 123 Å². The van der Waals surface area contributed by atoms with Crippen molar-refractivity contribution in [2.75, 3.05) is 0 Å². The molecule has 2 aliphatic rings. The molecule has 0 amide bonds. The number of rotatable bonds is 10. The average Bonchev–Trinajstić information content (AvgIpc) is 1.54. The number of benzene rings is 15. The molecular weight excluding hydrogens is 1170 g/mol. The highest BCUT2D eigenvalue weighted by Crippen LogP contribution is 2.49. The van der Waals surface area contributed by atoms with Crippen molar-refractivity contribution in [2.45, 2.75) is 0 Å². The van der Waals surface area contributed by atoms with Crippen LogP contribution in [0.5, 0.6) is 0 Å². The van der Waals surface area contributed by atoms with E-state index in [0.717, 1.165) is 106 Å². The SMILES string of the molecule is c1ccc(-c2cc(-c3ccccc3)cc(-c3nc(-c4cc5c6c(c4)-n4c7cc(-c8ccccc8)cc(-c8ccccc8)c7c7cc(-c8ccccc8)cc(c74)B6c4cc(-c6ccccc6)cc6c7c(-c8ccccc8)cc(-c8ccccc8)cc7n-5c46)nc4ccccc34)c2)cc1. The molecule has 0 bridgehead atoms. The molecule has 97 heavy (non-hydrogen) atoms. The topological polar surface area (TPSA) is 35.6 Å². The zero-order chi connectivity index (χ0) is 63.7. The summed E-state index contributed by atoms with van der Waals surface area (Å²) in [5, 5.41) is 5.82. The average molecular weight is 1230 g/mol. The third-order valence-electron chi connectivity index (χ3n) is 20.4. The Kier molecular flexibility index (Phi) is 12.4. The Labute approximate surface area is 562 Å². The molecule has 4 nitrogen and oxygen atoms in total.